The topological polar surface area (TPSA) is 72.7 Å². The first-order valence-electron chi connectivity index (χ1n) is 9.29. The SMILES string of the molecule is Cn1nnc2cc(CSc3cc(C(=O)NC4CC4)c4ccccc4n3)ccc21. The van der Waals surface area contributed by atoms with Crippen LogP contribution >= 0.6 is 11.8 Å². The van der Waals surface area contributed by atoms with Crippen LogP contribution in [0.5, 0.6) is 0 Å². The summed E-state index contributed by atoms with van der Waals surface area (Å²) in [6.07, 6.45) is 2.14. The summed E-state index contributed by atoms with van der Waals surface area (Å²) in [6.45, 7) is 0. The van der Waals surface area contributed by atoms with Gasteiger partial charge in [-0.1, -0.05) is 29.5 Å². The summed E-state index contributed by atoms with van der Waals surface area (Å²) in [4.78, 5) is 17.5. The molecular formula is C21H19N5OS. The third-order valence-corrected chi connectivity index (χ3v) is 5.89. The summed E-state index contributed by atoms with van der Waals surface area (Å²) >= 11 is 1.62. The van der Waals surface area contributed by atoms with Crippen LogP contribution in [0.3, 0.4) is 0 Å². The minimum Gasteiger partial charge on any atom is -0.349 e. The second kappa shape index (κ2) is 6.91. The maximum absolute atomic E-state index is 12.7. The molecule has 0 aliphatic heterocycles. The Kier molecular flexibility index (Phi) is 4.24. The molecule has 0 bridgehead atoms. The van der Waals surface area contributed by atoms with Crippen LogP contribution in [0.1, 0.15) is 28.8 Å². The fourth-order valence-electron chi connectivity index (χ4n) is 3.24. The molecule has 0 spiro atoms. The van der Waals surface area contributed by atoms with Crippen molar-refractivity contribution >= 4 is 39.6 Å². The van der Waals surface area contributed by atoms with Crippen molar-refractivity contribution in [2.24, 2.45) is 7.05 Å². The molecule has 0 unspecified atom stereocenters. The van der Waals surface area contributed by atoms with E-state index < -0.39 is 0 Å². The van der Waals surface area contributed by atoms with E-state index in [2.05, 4.69) is 27.8 Å². The summed E-state index contributed by atoms with van der Waals surface area (Å²) in [5.74, 6) is 0.741. The van der Waals surface area contributed by atoms with Crippen molar-refractivity contribution in [3.63, 3.8) is 0 Å². The summed E-state index contributed by atoms with van der Waals surface area (Å²) in [7, 11) is 1.89. The van der Waals surface area contributed by atoms with Crippen molar-refractivity contribution in [3.8, 4) is 0 Å². The Bertz CT molecular complexity index is 1200. The van der Waals surface area contributed by atoms with Crippen LogP contribution in [0, 0.1) is 0 Å². The number of fused-ring (bicyclic) bond motifs is 2. The Hall–Kier alpha value is -2.93. The smallest absolute Gasteiger partial charge is 0.252 e. The average Bonchev–Trinajstić information content (AvgIpc) is 3.46. The number of amides is 1. The summed E-state index contributed by atoms with van der Waals surface area (Å²) in [5, 5.41) is 13.1. The van der Waals surface area contributed by atoms with E-state index in [1.807, 2.05) is 43.4 Å². The molecule has 4 aromatic rings. The number of nitrogens with zero attached hydrogens (tertiary/aromatic N) is 4. The van der Waals surface area contributed by atoms with Crippen LogP contribution in [-0.4, -0.2) is 31.9 Å². The lowest BCUT2D eigenvalue weighted by Crippen LogP contribution is -2.25. The molecule has 0 saturated heterocycles. The predicted octanol–water partition coefficient (Wildman–Crippen LogP) is 3.70. The molecule has 2 heterocycles. The second-order valence-corrected chi connectivity index (χ2v) is 8.09. The highest BCUT2D eigenvalue weighted by Crippen LogP contribution is 2.28. The first kappa shape index (κ1) is 17.2. The van der Waals surface area contributed by atoms with E-state index in [4.69, 9.17) is 4.98 Å². The number of benzene rings is 2. The number of carbonyl (C=O) groups excluding carboxylic acids is 1. The van der Waals surface area contributed by atoms with E-state index in [9.17, 15) is 4.79 Å². The first-order valence-corrected chi connectivity index (χ1v) is 10.3. The zero-order chi connectivity index (χ0) is 19.1. The molecule has 1 N–H and O–H groups in total. The molecule has 1 aliphatic rings. The summed E-state index contributed by atoms with van der Waals surface area (Å²) < 4.78 is 1.77. The molecule has 1 aliphatic carbocycles. The molecule has 7 heteroatoms. The lowest BCUT2D eigenvalue weighted by Gasteiger charge is -2.10. The molecule has 0 radical (unpaired) electrons. The number of hydrogen-bond donors (Lipinski definition) is 1. The first-order chi connectivity index (χ1) is 13.7. The van der Waals surface area contributed by atoms with E-state index in [0.717, 1.165) is 51.1 Å². The van der Waals surface area contributed by atoms with Crippen molar-refractivity contribution in [2.75, 3.05) is 0 Å². The Balaban J connectivity index is 1.43. The molecule has 2 aromatic heterocycles. The molecule has 1 saturated carbocycles. The molecule has 1 fully saturated rings. The van der Waals surface area contributed by atoms with Crippen LogP contribution in [0.4, 0.5) is 0 Å². The van der Waals surface area contributed by atoms with Gasteiger partial charge in [-0.25, -0.2) is 9.67 Å². The number of carbonyl (C=O) groups is 1. The number of hydrogen-bond acceptors (Lipinski definition) is 5. The number of aromatic nitrogens is 4. The second-order valence-electron chi connectivity index (χ2n) is 7.10. The third kappa shape index (κ3) is 3.33. The normalized spacial score (nSPS) is 13.9. The van der Waals surface area contributed by atoms with Gasteiger partial charge in [0.15, 0.2) is 0 Å². The van der Waals surface area contributed by atoms with E-state index >= 15 is 0 Å². The fourth-order valence-corrected chi connectivity index (χ4v) is 4.10. The minimum atomic E-state index is -0.0103. The molecule has 0 atom stereocenters. The Morgan fingerprint density at radius 3 is 2.89 bits per heavy atom. The Morgan fingerprint density at radius 2 is 2.04 bits per heavy atom. The van der Waals surface area contributed by atoms with E-state index in [1.54, 1.807) is 16.4 Å². The highest BCUT2D eigenvalue weighted by Gasteiger charge is 2.25. The van der Waals surface area contributed by atoms with Gasteiger partial charge in [0, 0.05) is 24.2 Å². The quantitative estimate of drug-likeness (QED) is 0.527. The van der Waals surface area contributed by atoms with E-state index in [1.165, 1.54) is 0 Å². The van der Waals surface area contributed by atoms with Gasteiger partial charge >= 0.3 is 0 Å². The van der Waals surface area contributed by atoms with Gasteiger partial charge in [-0.05, 0) is 42.7 Å². The average molecular weight is 389 g/mol. The van der Waals surface area contributed by atoms with Crippen molar-refractivity contribution in [1.82, 2.24) is 25.3 Å². The maximum Gasteiger partial charge on any atom is 0.252 e. The largest absolute Gasteiger partial charge is 0.349 e. The van der Waals surface area contributed by atoms with Crippen LogP contribution in [0.15, 0.2) is 53.6 Å². The van der Waals surface area contributed by atoms with Gasteiger partial charge in [0.05, 0.1) is 21.6 Å². The molecule has 1 amide bonds. The van der Waals surface area contributed by atoms with E-state index in [0.29, 0.717) is 11.6 Å². The number of rotatable bonds is 5. The molecule has 28 heavy (non-hydrogen) atoms. The number of pyridine rings is 1. The maximum atomic E-state index is 12.7. The standard InChI is InChI=1S/C21H19N5OS/c1-26-19-9-6-13(10-18(19)24-25-26)12-28-20-11-16(21(27)22-14-7-8-14)15-4-2-3-5-17(15)23-20/h2-6,9-11,14H,7-8,12H2,1H3,(H,22,27). The molecule has 140 valence electrons. The van der Waals surface area contributed by atoms with Gasteiger partial charge < -0.3 is 5.32 Å². The van der Waals surface area contributed by atoms with Crippen molar-refractivity contribution in [1.29, 1.82) is 0 Å². The zero-order valence-electron chi connectivity index (χ0n) is 15.4. The van der Waals surface area contributed by atoms with Gasteiger partial charge in [0.1, 0.15) is 5.52 Å². The lowest BCUT2D eigenvalue weighted by molar-refractivity contribution is 0.0952. The highest BCUT2D eigenvalue weighted by molar-refractivity contribution is 7.98. The highest BCUT2D eigenvalue weighted by atomic mass is 32.2. The van der Waals surface area contributed by atoms with Crippen LogP contribution < -0.4 is 5.32 Å². The van der Waals surface area contributed by atoms with Gasteiger partial charge in [-0.2, -0.15) is 0 Å². The molecule has 2 aromatic carbocycles. The monoisotopic (exact) mass is 389 g/mol. The Labute approximate surface area is 166 Å². The lowest BCUT2D eigenvalue weighted by atomic mass is 10.1. The van der Waals surface area contributed by atoms with Gasteiger partial charge in [0.25, 0.3) is 5.91 Å². The third-order valence-electron chi connectivity index (χ3n) is 4.91. The van der Waals surface area contributed by atoms with Gasteiger partial charge in [-0.3, -0.25) is 4.79 Å². The zero-order valence-corrected chi connectivity index (χ0v) is 16.2. The van der Waals surface area contributed by atoms with Crippen molar-refractivity contribution in [2.45, 2.75) is 29.7 Å². The van der Waals surface area contributed by atoms with Crippen LogP contribution in [-0.2, 0) is 12.8 Å². The predicted molar refractivity (Wildman–Crippen MR) is 110 cm³/mol. The molecule has 5 rings (SSSR count). The Morgan fingerprint density at radius 1 is 1.18 bits per heavy atom. The molecular weight excluding hydrogens is 370 g/mol. The number of para-hydroxylation sites is 1. The fraction of sp³-hybridized carbons (Fsp3) is 0.238. The molecule has 6 nitrogen and oxygen atoms in total. The number of aryl methyl sites for hydroxylation is 1. The van der Waals surface area contributed by atoms with Gasteiger partial charge in [-0.15, -0.1) is 16.9 Å². The van der Waals surface area contributed by atoms with Gasteiger partial charge in [0.2, 0.25) is 0 Å². The van der Waals surface area contributed by atoms with Crippen LogP contribution in [0.2, 0.25) is 0 Å². The van der Waals surface area contributed by atoms with Crippen molar-refractivity contribution in [3.05, 3.63) is 59.7 Å². The van der Waals surface area contributed by atoms with Crippen molar-refractivity contribution < 1.29 is 4.79 Å². The minimum absolute atomic E-state index is 0.0103. The number of nitrogens with one attached hydrogen (secondary N) is 1. The van der Waals surface area contributed by atoms with E-state index in [-0.39, 0.29) is 5.91 Å². The summed E-state index contributed by atoms with van der Waals surface area (Å²) in [5.41, 5.74) is 4.59. The summed E-state index contributed by atoms with van der Waals surface area (Å²) in [6, 6.07) is 16.2. The van der Waals surface area contributed by atoms with Crippen LogP contribution in [0.25, 0.3) is 21.9 Å². The number of thioether (sulfide) groups is 1.